The average Bonchev–Trinajstić information content (AvgIpc) is 2.51. The number of rotatable bonds is 7. The molecule has 0 spiro atoms. The summed E-state index contributed by atoms with van der Waals surface area (Å²) in [6.07, 6.45) is -2.87. The molecular weight excluding hydrogens is 362 g/mol. The van der Waals surface area contributed by atoms with Crippen molar-refractivity contribution in [2.45, 2.75) is 57.4 Å². The van der Waals surface area contributed by atoms with Crippen LogP contribution < -0.4 is 0 Å². The second-order valence-corrected chi connectivity index (χ2v) is 12.4. The highest BCUT2D eigenvalue weighted by Crippen LogP contribution is 2.38. The van der Waals surface area contributed by atoms with Crippen molar-refractivity contribution in [1.29, 1.82) is 0 Å². The zero-order valence-electron chi connectivity index (χ0n) is 15.7. The van der Waals surface area contributed by atoms with Gasteiger partial charge in [-0.15, -0.1) is 0 Å². The SMILES string of the molecule is CC(C)(C)[Si](C)(C)OC(=O)C(F)(F)C[C@H](O)COC(=O)c1ccccc1. The number of hydrogen-bond acceptors (Lipinski definition) is 5. The fourth-order valence-corrected chi connectivity index (χ4v) is 2.65. The predicted octanol–water partition coefficient (Wildman–Crippen LogP) is 3.78. The Morgan fingerprint density at radius 1 is 1.15 bits per heavy atom. The van der Waals surface area contributed by atoms with E-state index in [0.717, 1.165) is 0 Å². The van der Waals surface area contributed by atoms with Crippen LogP contribution in [0.3, 0.4) is 0 Å². The molecule has 0 fully saturated rings. The van der Waals surface area contributed by atoms with Gasteiger partial charge in [0.15, 0.2) is 0 Å². The van der Waals surface area contributed by atoms with E-state index in [1.807, 2.05) is 20.8 Å². The molecule has 1 aromatic rings. The predicted molar refractivity (Wildman–Crippen MR) is 95.6 cm³/mol. The Morgan fingerprint density at radius 3 is 2.19 bits per heavy atom. The summed E-state index contributed by atoms with van der Waals surface area (Å²) in [4.78, 5) is 23.6. The molecule has 1 rings (SSSR count). The molecule has 8 heteroatoms. The largest absolute Gasteiger partial charge is 0.515 e. The van der Waals surface area contributed by atoms with E-state index in [2.05, 4.69) is 0 Å². The van der Waals surface area contributed by atoms with Crippen LogP contribution >= 0.6 is 0 Å². The van der Waals surface area contributed by atoms with Gasteiger partial charge >= 0.3 is 17.9 Å². The maximum Gasteiger partial charge on any atom is 0.363 e. The van der Waals surface area contributed by atoms with E-state index in [4.69, 9.17) is 9.16 Å². The van der Waals surface area contributed by atoms with Gasteiger partial charge in [-0.25, -0.2) is 9.59 Å². The molecule has 0 saturated heterocycles. The number of carbonyl (C=O) groups excluding carboxylic acids is 2. The molecule has 0 amide bonds. The molecule has 146 valence electrons. The Morgan fingerprint density at radius 2 is 1.69 bits per heavy atom. The molecule has 0 aromatic heterocycles. The Bertz CT molecular complexity index is 626. The highest BCUT2D eigenvalue weighted by molar-refractivity contribution is 6.75. The minimum atomic E-state index is -3.87. The van der Waals surface area contributed by atoms with Crippen molar-refractivity contribution < 1.29 is 32.6 Å². The molecular formula is C18H26F2O5Si. The Balaban J connectivity index is 2.59. The van der Waals surface area contributed by atoms with Gasteiger partial charge in [0.2, 0.25) is 0 Å². The fraction of sp³-hybridized carbons (Fsp3) is 0.556. The second-order valence-electron chi connectivity index (χ2n) is 7.68. The molecule has 0 saturated carbocycles. The molecule has 0 unspecified atom stereocenters. The highest BCUT2D eigenvalue weighted by atomic mass is 28.4. The minimum absolute atomic E-state index is 0.240. The molecule has 0 radical (unpaired) electrons. The van der Waals surface area contributed by atoms with Gasteiger partial charge in [0.1, 0.15) is 6.61 Å². The number of benzene rings is 1. The molecule has 5 nitrogen and oxygen atoms in total. The third-order valence-electron chi connectivity index (χ3n) is 4.36. The van der Waals surface area contributed by atoms with Crippen molar-refractivity contribution >= 4 is 20.3 Å². The summed E-state index contributed by atoms with van der Waals surface area (Å²) in [7, 11) is -2.71. The number of ether oxygens (including phenoxy) is 1. The number of esters is 1. The van der Waals surface area contributed by atoms with Crippen molar-refractivity contribution in [2.75, 3.05) is 6.61 Å². The van der Waals surface area contributed by atoms with Crippen LogP contribution in [0.2, 0.25) is 18.1 Å². The zero-order chi connectivity index (χ0) is 20.2. The number of hydrogen-bond donors (Lipinski definition) is 1. The van der Waals surface area contributed by atoms with Gasteiger partial charge in [-0.05, 0) is 30.3 Å². The monoisotopic (exact) mass is 388 g/mol. The molecule has 1 N–H and O–H groups in total. The summed E-state index contributed by atoms with van der Waals surface area (Å²) < 4.78 is 38.1. The van der Waals surface area contributed by atoms with E-state index in [0.29, 0.717) is 0 Å². The highest BCUT2D eigenvalue weighted by Gasteiger charge is 2.48. The molecule has 0 bridgehead atoms. The number of aliphatic hydroxyl groups is 1. The molecule has 0 heterocycles. The van der Waals surface area contributed by atoms with Gasteiger partial charge in [-0.3, -0.25) is 0 Å². The summed E-state index contributed by atoms with van der Waals surface area (Å²) in [6.45, 7) is 8.18. The standard InChI is InChI=1S/C18H26F2O5Si/c1-17(2,3)26(4,5)25-16(23)18(19,20)11-14(21)12-24-15(22)13-9-7-6-8-10-13/h6-10,14,21H,11-12H2,1-5H3/t14-/m0/s1. The van der Waals surface area contributed by atoms with Crippen LogP contribution in [0.4, 0.5) is 8.78 Å². The van der Waals surface area contributed by atoms with Gasteiger partial charge in [0, 0.05) is 0 Å². The normalized spacial score (nSPS) is 13.8. The first-order chi connectivity index (χ1) is 11.8. The van der Waals surface area contributed by atoms with Gasteiger partial charge < -0.3 is 14.3 Å². The van der Waals surface area contributed by atoms with Crippen molar-refractivity contribution in [2.24, 2.45) is 0 Å². The lowest BCUT2D eigenvalue weighted by Gasteiger charge is -2.36. The third kappa shape index (κ3) is 6.17. The number of alkyl halides is 2. The van der Waals surface area contributed by atoms with Crippen molar-refractivity contribution in [1.82, 2.24) is 0 Å². The van der Waals surface area contributed by atoms with Crippen molar-refractivity contribution in [3.8, 4) is 0 Å². The summed E-state index contributed by atoms with van der Waals surface area (Å²) in [5.41, 5.74) is 0.240. The van der Waals surface area contributed by atoms with Crippen molar-refractivity contribution in [3.05, 3.63) is 35.9 Å². The van der Waals surface area contributed by atoms with Gasteiger partial charge in [0.05, 0.1) is 18.1 Å². The van der Waals surface area contributed by atoms with E-state index in [-0.39, 0.29) is 5.56 Å². The van der Waals surface area contributed by atoms with Crippen LogP contribution in [0.5, 0.6) is 0 Å². The minimum Gasteiger partial charge on any atom is -0.515 e. The second kappa shape index (κ2) is 8.26. The summed E-state index contributed by atoms with van der Waals surface area (Å²) in [6, 6.07) is 7.95. The molecule has 0 aliphatic carbocycles. The first-order valence-electron chi connectivity index (χ1n) is 8.28. The molecule has 26 heavy (non-hydrogen) atoms. The van der Waals surface area contributed by atoms with Gasteiger partial charge in [-0.2, -0.15) is 8.78 Å². The van der Waals surface area contributed by atoms with Crippen LogP contribution in [0.15, 0.2) is 30.3 Å². The van der Waals surface area contributed by atoms with E-state index < -0.39 is 50.3 Å². The fourth-order valence-electron chi connectivity index (χ4n) is 1.73. The van der Waals surface area contributed by atoms with E-state index >= 15 is 0 Å². The first kappa shape index (κ1) is 22.2. The Hall–Kier alpha value is -1.80. The first-order valence-corrected chi connectivity index (χ1v) is 11.2. The van der Waals surface area contributed by atoms with Crippen LogP contribution in [0.1, 0.15) is 37.6 Å². The lowest BCUT2D eigenvalue weighted by Crippen LogP contribution is -2.47. The van der Waals surface area contributed by atoms with Crippen molar-refractivity contribution in [3.63, 3.8) is 0 Å². The summed E-state index contributed by atoms with van der Waals surface area (Å²) in [5.74, 6) is -6.26. The number of carbonyl (C=O) groups is 2. The third-order valence-corrected chi connectivity index (χ3v) is 8.67. The molecule has 0 aliphatic heterocycles. The van der Waals surface area contributed by atoms with Crippen LogP contribution in [0.25, 0.3) is 0 Å². The topological polar surface area (TPSA) is 72.8 Å². The van der Waals surface area contributed by atoms with Crippen LogP contribution in [-0.4, -0.2) is 44.0 Å². The van der Waals surface area contributed by atoms with E-state index in [1.165, 1.54) is 12.1 Å². The van der Waals surface area contributed by atoms with E-state index in [1.54, 1.807) is 31.3 Å². The average molecular weight is 388 g/mol. The van der Waals surface area contributed by atoms with Crippen LogP contribution in [-0.2, 0) is 14.0 Å². The smallest absolute Gasteiger partial charge is 0.363 e. The van der Waals surface area contributed by atoms with Gasteiger partial charge in [-0.1, -0.05) is 39.0 Å². The number of aliphatic hydroxyl groups excluding tert-OH is 1. The maximum absolute atomic E-state index is 14.1. The zero-order valence-corrected chi connectivity index (χ0v) is 16.7. The Labute approximate surface area is 153 Å². The summed E-state index contributed by atoms with van der Waals surface area (Å²) >= 11 is 0. The lowest BCUT2D eigenvalue weighted by atomic mass is 10.1. The quantitative estimate of drug-likeness (QED) is 0.568. The van der Waals surface area contributed by atoms with Gasteiger partial charge in [0.25, 0.3) is 8.32 Å². The maximum atomic E-state index is 14.1. The molecule has 0 aliphatic rings. The molecule has 1 atom stereocenters. The lowest BCUT2D eigenvalue weighted by molar-refractivity contribution is -0.167. The Kier molecular flexibility index (Phi) is 7.07. The van der Waals surface area contributed by atoms with E-state index in [9.17, 15) is 23.5 Å². The number of halogens is 2. The van der Waals surface area contributed by atoms with Crippen LogP contribution in [0, 0.1) is 0 Å². The molecule has 1 aromatic carbocycles. The summed E-state index contributed by atoms with van der Waals surface area (Å²) in [5, 5.41) is 9.32.